The Hall–Kier alpha value is -1.86. The van der Waals surface area contributed by atoms with Crippen LogP contribution in [0, 0.1) is 5.82 Å². The summed E-state index contributed by atoms with van der Waals surface area (Å²) in [5.74, 6) is -1.81. The van der Waals surface area contributed by atoms with Gasteiger partial charge in [-0.05, 0) is 18.2 Å². The Balaban J connectivity index is 1.90. The molecule has 1 aromatic carbocycles. The third-order valence-electron chi connectivity index (χ3n) is 2.94. The van der Waals surface area contributed by atoms with Gasteiger partial charge in [0.2, 0.25) is 0 Å². The van der Waals surface area contributed by atoms with Crippen molar-refractivity contribution in [2.45, 2.75) is 6.10 Å². The normalized spacial score (nSPS) is 18.4. The average Bonchev–Trinajstić information content (AvgIpc) is 2.46. The Morgan fingerprint density at radius 1 is 1.52 bits per heavy atom. The molecule has 1 aliphatic heterocycles. The summed E-state index contributed by atoms with van der Waals surface area (Å²) in [6.07, 6.45) is -1.03. The molecule has 114 valence electrons. The number of benzene rings is 1. The van der Waals surface area contributed by atoms with Crippen molar-refractivity contribution in [3.63, 3.8) is 0 Å². The Morgan fingerprint density at radius 2 is 2.29 bits per heavy atom. The Labute approximate surface area is 125 Å². The number of nitrogens with zero attached hydrogens (tertiary/aromatic N) is 1. The maximum absolute atomic E-state index is 12.9. The third kappa shape index (κ3) is 4.05. The zero-order valence-electron chi connectivity index (χ0n) is 10.9. The van der Waals surface area contributed by atoms with E-state index >= 15 is 0 Å². The van der Waals surface area contributed by atoms with E-state index in [1.54, 1.807) is 0 Å². The standard InChI is InChI=1S/C13H13ClFNO5/c14-9-5-8(15)1-2-10(9)21-7-12(17)16-3-4-20-11(6-16)13(18)19/h1-2,5,11H,3-4,6-7H2,(H,18,19)/t11-/m0/s1. The fraction of sp³-hybridized carbons (Fsp3) is 0.385. The number of hydrogen-bond donors (Lipinski definition) is 1. The first-order chi connectivity index (χ1) is 9.97. The molecule has 1 aliphatic rings. The molecule has 1 amide bonds. The van der Waals surface area contributed by atoms with Gasteiger partial charge in [-0.15, -0.1) is 0 Å². The van der Waals surface area contributed by atoms with E-state index in [-0.39, 0.29) is 36.4 Å². The lowest BCUT2D eigenvalue weighted by molar-refractivity contribution is -0.159. The lowest BCUT2D eigenvalue weighted by atomic mass is 10.2. The van der Waals surface area contributed by atoms with Crippen LogP contribution in [0.15, 0.2) is 18.2 Å². The smallest absolute Gasteiger partial charge is 0.334 e. The molecule has 1 heterocycles. The quantitative estimate of drug-likeness (QED) is 0.902. The molecule has 1 N–H and O–H groups in total. The third-order valence-corrected chi connectivity index (χ3v) is 3.24. The molecule has 1 saturated heterocycles. The lowest BCUT2D eigenvalue weighted by Gasteiger charge is -2.30. The van der Waals surface area contributed by atoms with Crippen molar-refractivity contribution in [3.8, 4) is 5.75 Å². The van der Waals surface area contributed by atoms with Crippen LogP contribution in [0.25, 0.3) is 0 Å². The molecular formula is C13H13ClFNO5. The zero-order valence-corrected chi connectivity index (χ0v) is 11.7. The van der Waals surface area contributed by atoms with Gasteiger partial charge in [0.05, 0.1) is 18.2 Å². The van der Waals surface area contributed by atoms with Gasteiger partial charge in [0, 0.05) is 6.54 Å². The molecule has 2 rings (SSSR count). The van der Waals surface area contributed by atoms with Gasteiger partial charge < -0.3 is 19.5 Å². The fourth-order valence-electron chi connectivity index (χ4n) is 1.85. The maximum Gasteiger partial charge on any atom is 0.334 e. The van der Waals surface area contributed by atoms with Crippen molar-refractivity contribution < 1.29 is 28.6 Å². The molecule has 0 radical (unpaired) electrons. The molecule has 0 saturated carbocycles. The summed E-state index contributed by atoms with van der Waals surface area (Å²) >= 11 is 5.78. The minimum atomic E-state index is -1.12. The van der Waals surface area contributed by atoms with E-state index < -0.39 is 17.9 Å². The van der Waals surface area contributed by atoms with Crippen LogP contribution in [-0.4, -0.2) is 54.3 Å². The van der Waals surface area contributed by atoms with E-state index in [4.69, 9.17) is 26.2 Å². The van der Waals surface area contributed by atoms with Gasteiger partial charge in [-0.3, -0.25) is 4.79 Å². The van der Waals surface area contributed by atoms with Crippen molar-refractivity contribution in [1.29, 1.82) is 0 Å². The maximum atomic E-state index is 12.9. The largest absolute Gasteiger partial charge is 0.482 e. The summed E-state index contributed by atoms with van der Waals surface area (Å²) in [5, 5.41) is 8.92. The van der Waals surface area contributed by atoms with Gasteiger partial charge in [-0.25, -0.2) is 9.18 Å². The van der Waals surface area contributed by atoms with Gasteiger partial charge in [0.25, 0.3) is 5.91 Å². The molecular weight excluding hydrogens is 305 g/mol. The van der Waals surface area contributed by atoms with E-state index in [9.17, 15) is 14.0 Å². The number of hydrogen-bond acceptors (Lipinski definition) is 4. The number of amides is 1. The highest BCUT2D eigenvalue weighted by Crippen LogP contribution is 2.24. The van der Waals surface area contributed by atoms with Crippen molar-refractivity contribution in [2.75, 3.05) is 26.3 Å². The van der Waals surface area contributed by atoms with E-state index in [1.807, 2.05) is 0 Å². The average molecular weight is 318 g/mol. The molecule has 1 fully saturated rings. The topological polar surface area (TPSA) is 76.1 Å². The van der Waals surface area contributed by atoms with Crippen LogP contribution in [0.3, 0.4) is 0 Å². The van der Waals surface area contributed by atoms with Crippen molar-refractivity contribution >= 4 is 23.5 Å². The highest BCUT2D eigenvalue weighted by atomic mass is 35.5. The number of halogens is 2. The van der Waals surface area contributed by atoms with E-state index in [0.29, 0.717) is 6.54 Å². The summed E-state index contributed by atoms with van der Waals surface area (Å²) in [7, 11) is 0. The number of carboxylic acid groups (broad SMARTS) is 1. The predicted molar refractivity (Wildman–Crippen MR) is 70.9 cm³/mol. The molecule has 1 aromatic rings. The minimum Gasteiger partial charge on any atom is -0.482 e. The summed E-state index contributed by atoms with van der Waals surface area (Å²) in [6, 6.07) is 3.57. The highest BCUT2D eigenvalue weighted by molar-refractivity contribution is 6.32. The molecule has 6 nitrogen and oxygen atoms in total. The number of rotatable bonds is 4. The SMILES string of the molecule is O=C(O)[C@@H]1CN(C(=O)COc2ccc(F)cc2Cl)CCO1. The molecule has 1 atom stereocenters. The first-order valence-corrected chi connectivity index (χ1v) is 6.55. The van der Waals surface area contributed by atoms with Crippen LogP contribution in [0.1, 0.15) is 0 Å². The van der Waals surface area contributed by atoms with Crippen LogP contribution >= 0.6 is 11.6 Å². The Kier molecular flexibility index (Phi) is 4.98. The molecule has 0 unspecified atom stereocenters. The fourth-order valence-corrected chi connectivity index (χ4v) is 2.07. The number of carbonyl (C=O) groups excluding carboxylic acids is 1. The van der Waals surface area contributed by atoms with Crippen LogP contribution in [0.2, 0.25) is 5.02 Å². The first-order valence-electron chi connectivity index (χ1n) is 6.17. The van der Waals surface area contributed by atoms with Crippen LogP contribution in [0.5, 0.6) is 5.75 Å². The second-order valence-corrected chi connectivity index (χ2v) is 4.81. The Morgan fingerprint density at radius 3 is 2.95 bits per heavy atom. The molecule has 0 spiro atoms. The Bertz CT molecular complexity index is 553. The van der Waals surface area contributed by atoms with Gasteiger partial charge >= 0.3 is 5.97 Å². The summed E-state index contributed by atoms with van der Waals surface area (Å²) in [5.41, 5.74) is 0. The van der Waals surface area contributed by atoms with Gasteiger partial charge in [0.1, 0.15) is 11.6 Å². The number of carbonyl (C=O) groups is 2. The van der Waals surface area contributed by atoms with E-state index in [0.717, 1.165) is 6.07 Å². The van der Waals surface area contributed by atoms with Crippen molar-refractivity contribution in [1.82, 2.24) is 4.90 Å². The second-order valence-electron chi connectivity index (χ2n) is 4.40. The summed E-state index contributed by atoms with van der Waals surface area (Å²) in [6.45, 7) is 0.107. The van der Waals surface area contributed by atoms with Crippen molar-refractivity contribution in [3.05, 3.63) is 29.0 Å². The zero-order chi connectivity index (χ0) is 15.4. The second kappa shape index (κ2) is 6.73. The lowest BCUT2D eigenvalue weighted by Crippen LogP contribution is -2.49. The highest BCUT2D eigenvalue weighted by Gasteiger charge is 2.29. The molecule has 0 aliphatic carbocycles. The summed E-state index contributed by atoms with van der Waals surface area (Å²) < 4.78 is 23.1. The van der Waals surface area contributed by atoms with E-state index in [1.165, 1.54) is 17.0 Å². The van der Waals surface area contributed by atoms with Gasteiger partial charge in [-0.2, -0.15) is 0 Å². The van der Waals surface area contributed by atoms with Crippen molar-refractivity contribution in [2.24, 2.45) is 0 Å². The van der Waals surface area contributed by atoms with E-state index in [2.05, 4.69) is 0 Å². The number of aliphatic carboxylic acids is 1. The predicted octanol–water partition coefficient (Wildman–Crippen LogP) is 1.17. The van der Waals surface area contributed by atoms with Crippen LogP contribution in [-0.2, 0) is 14.3 Å². The number of morpholine rings is 1. The molecule has 8 heteroatoms. The summed E-state index contributed by atoms with van der Waals surface area (Å²) in [4.78, 5) is 24.1. The number of ether oxygens (including phenoxy) is 2. The van der Waals surface area contributed by atoms with Gasteiger partial charge in [0.15, 0.2) is 12.7 Å². The molecule has 21 heavy (non-hydrogen) atoms. The monoisotopic (exact) mass is 317 g/mol. The first kappa shape index (κ1) is 15.5. The minimum absolute atomic E-state index is 0.0331. The van der Waals surface area contributed by atoms with Crippen LogP contribution in [0.4, 0.5) is 4.39 Å². The van der Waals surface area contributed by atoms with Crippen LogP contribution < -0.4 is 4.74 Å². The molecule has 0 bridgehead atoms. The molecule has 0 aromatic heterocycles. The number of carboxylic acids is 1. The van der Waals surface area contributed by atoms with Gasteiger partial charge in [-0.1, -0.05) is 11.6 Å².